The van der Waals surface area contributed by atoms with Crippen LogP contribution < -0.4 is 10.6 Å². The lowest BCUT2D eigenvalue weighted by Crippen LogP contribution is -2.51. The molecule has 0 radical (unpaired) electrons. The lowest BCUT2D eigenvalue weighted by atomic mass is 10.1. The van der Waals surface area contributed by atoms with Crippen LogP contribution in [0, 0.1) is 11.7 Å². The van der Waals surface area contributed by atoms with Crippen molar-refractivity contribution in [1.82, 2.24) is 15.5 Å². The molecule has 150 valence electrons. The normalized spacial score (nSPS) is 22.8. The summed E-state index contributed by atoms with van der Waals surface area (Å²) in [7, 11) is 1.75. The van der Waals surface area contributed by atoms with E-state index < -0.39 is 0 Å². The summed E-state index contributed by atoms with van der Waals surface area (Å²) in [5, 5.41) is 6.24. The van der Waals surface area contributed by atoms with Crippen molar-refractivity contribution in [2.24, 2.45) is 10.9 Å². The SMILES string of the molecule is CN=C(NCCNC(=O)C1CC1)N1CC(C)OC(c2ccc(F)cc2)C1.I. The molecule has 1 aromatic rings. The van der Waals surface area contributed by atoms with Gasteiger partial charge in [0.2, 0.25) is 5.91 Å². The predicted molar refractivity (Wildman–Crippen MR) is 114 cm³/mol. The Kier molecular flexibility index (Phi) is 8.28. The molecule has 0 spiro atoms. The van der Waals surface area contributed by atoms with Crippen LogP contribution in [0.5, 0.6) is 0 Å². The molecule has 0 aromatic heterocycles. The summed E-state index contributed by atoms with van der Waals surface area (Å²) in [6, 6.07) is 6.44. The number of ether oxygens (including phenoxy) is 1. The lowest BCUT2D eigenvalue weighted by Gasteiger charge is -2.38. The topological polar surface area (TPSA) is 66.0 Å². The van der Waals surface area contributed by atoms with Crippen molar-refractivity contribution in [3.05, 3.63) is 35.6 Å². The molecular formula is C19H28FIN4O2. The first-order valence-corrected chi connectivity index (χ1v) is 9.21. The average molecular weight is 490 g/mol. The molecule has 2 atom stereocenters. The molecule has 2 fully saturated rings. The first-order chi connectivity index (χ1) is 12.6. The van der Waals surface area contributed by atoms with E-state index in [1.165, 1.54) is 12.1 Å². The van der Waals surface area contributed by atoms with Gasteiger partial charge in [-0.1, -0.05) is 12.1 Å². The summed E-state index contributed by atoms with van der Waals surface area (Å²) in [5.74, 6) is 0.914. The molecule has 1 aliphatic heterocycles. The Morgan fingerprint density at radius 3 is 2.52 bits per heavy atom. The number of hydrogen-bond acceptors (Lipinski definition) is 3. The third kappa shape index (κ3) is 6.31. The second-order valence-corrected chi connectivity index (χ2v) is 6.93. The first-order valence-electron chi connectivity index (χ1n) is 9.21. The van der Waals surface area contributed by atoms with Crippen LogP contribution >= 0.6 is 24.0 Å². The van der Waals surface area contributed by atoms with Crippen LogP contribution in [-0.4, -0.2) is 56.1 Å². The van der Waals surface area contributed by atoms with E-state index in [2.05, 4.69) is 20.5 Å². The van der Waals surface area contributed by atoms with Gasteiger partial charge in [-0.25, -0.2) is 4.39 Å². The smallest absolute Gasteiger partial charge is 0.223 e. The number of carbonyl (C=O) groups is 1. The van der Waals surface area contributed by atoms with Gasteiger partial charge >= 0.3 is 0 Å². The number of halogens is 2. The molecule has 3 rings (SSSR count). The number of hydrogen-bond donors (Lipinski definition) is 2. The number of nitrogens with one attached hydrogen (secondary N) is 2. The number of benzene rings is 1. The van der Waals surface area contributed by atoms with Crippen LogP contribution in [0.1, 0.15) is 31.4 Å². The largest absolute Gasteiger partial charge is 0.367 e. The number of aliphatic imine (C=N–C) groups is 1. The van der Waals surface area contributed by atoms with Gasteiger partial charge in [-0.05, 0) is 37.5 Å². The second-order valence-electron chi connectivity index (χ2n) is 6.93. The Hall–Kier alpha value is -1.42. The fourth-order valence-corrected chi connectivity index (χ4v) is 3.17. The zero-order valence-corrected chi connectivity index (χ0v) is 18.1. The van der Waals surface area contributed by atoms with Gasteiger partial charge in [-0.3, -0.25) is 9.79 Å². The fraction of sp³-hybridized carbons (Fsp3) is 0.579. The molecule has 2 N–H and O–H groups in total. The van der Waals surface area contributed by atoms with Crippen LogP contribution in [0.15, 0.2) is 29.3 Å². The molecular weight excluding hydrogens is 462 g/mol. The fourth-order valence-electron chi connectivity index (χ4n) is 3.17. The molecule has 2 unspecified atom stereocenters. The molecule has 1 saturated heterocycles. The van der Waals surface area contributed by atoms with E-state index in [0.29, 0.717) is 19.6 Å². The van der Waals surface area contributed by atoms with Gasteiger partial charge < -0.3 is 20.3 Å². The molecule has 1 heterocycles. The van der Waals surface area contributed by atoms with Crippen molar-refractivity contribution >= 4 is 35.8 Å². The second kappa shape index (κ2) is 10.2. The minimum absolute atomic E-state index is 0. The third-order valence-corrected chi connectivity index (χ3v) is 4.67. The van der Waals surface area contributed by atoms with Crippen molar-refractivity contribution in [3.63, 3.8) is 0 Å². The maximum Gasteiger partial charge on any atom is 0.223 e. The monoisotopic (exact) mass is 490 g/mol. The number of guanidine groups is 1. The van der Waals surface area contributed by atoms with E-state index in [-0.39, 0.29) is 53.8 Å². The highest BCUT2D eigenvalue weighted by Gasteiger charge is 2.30. The number of rotatable bonds is 5. The van der Waals surface area contributed by atoms with Gasteiger partial charge in [0, 0.05) is 32.6 Å². The van der Waals surface area contributed by atoms with Crippen LogP contribution in [0.4, 0.5) is 4.39 Å². The average Bonchev–Trinajstić information content (AvgIpc) is 3.47. The summed E-state index contributed by atoms with van der Waals surface area (Å²) < 4.78 is 19.2. The standard InChI is InChI=1S/C19H27FN4O2.HI/c1-13-11-24(12-17(26-13)14-5-7-16(20)8-6-14)19(21-2)23-10-9-22-18(25)15-3-4-15;/h5-8,13,15,17H,3-4,9-12H2,1-2H3,(H,21,23)(H,22,25);1H. The molecule has 1 aromatic carbocycles. The number of amides is 1. The summed E-state index contributed by atoms with van der Waals surface area (Å²) >= 11 is 0. The molecule has 6 nitrogen and oxygen atoms in total. The van der Waals surface area contributed by atoms with Crippen molar-refractivity contribution in [2.75, 3.05) is 33.2 Å². The molecule has 1 amide bonds. The Balaban J connectivity index is 0.00000261. The van der Waals surface area contributed by atoms with Gasteiger partial charge in [-0.15, -0.1) is 24.0 Å². The lowest BCUT2D eigenvalue weighted by molar-refractivity contribution is -0.122. The Morgan fingerprint density at radius 2 is 1.89 bits per heavy atom. The molecule has 1 saturated carbocycles. The zero-order valence-electron chi connectivity index (χ0n) is 15.8. The highest BCUT2D eigenvalue weighted by molar-refractivity contribution is 14.0. The molecule has 27 heavy (non-hydrogen) atoms. The van der Waals surface area contributed by atoms with Gasteiger partial charge in [-0.2, -0.15) is 0 Å². The Bertz CT molecular complexity index is 652. The number of nitrogens with zero attached hydrogens (tertiary/aromatic N) is 2. The maximum absolute atomic E-state index is 13.2. The highest BCUT2D eigenvalue weighted by Crippen LogP contribution is 2.28. The Morgan fingerprint density at radius 1 is 1.22 bits per heavy atom. The maximum atomic E-state index is 13.2. The van der Waals surface area contributed by atoms with Crippen molar-refractivity contribution in [3.8, 4) is 0 Å². The van der Waals surface area contributed by atoms with E-state index in [1.807, 2.05) is 6.92 Å². The third-order valence-electron chi connectivity index (χ3n) is 4.67. The van der Waals surface area contributed by atoms with Gasteiger partial charge in [0.05, 0.1) is 12.6 Å². The molecule has 0 bridgehead atoms. The molecule has 2 aliphatic rings. The van der Waals surface area contributed by atoms with E-state index in [1.54, 1.807) is 19.2 Å². The summed E-state index contributed by atoms with van der Waals surface area (Å²) in [4.78, 5) is 18.2. The van der Waals surface area contributed by atoms with Gasteiger partial charge in [0.25, 0.3) is 0 Å². The number of carbonyl (C=O) groups excluding carboxylic acids is 1. The van der Waals surface area contributed by atoms with Crippen molar-refractivity contribution in [2.45, 2.75) is 32.0 Å². The zero-order chi connectivity index (χ0) is 18.5. The molecule has 1 aliphatic carbocycles. The minimum atomic E-state index is -0.250. The van der Waals surface area contributed by atoms with E-state index in [4.69, 9.17) is 4.74 Å². The summed E-state index contributed by atoms with van der Waals surface area (Å²) in [5.41, 5.74) is 0.954. The van der Waals surface area contributed by atoms with E-state index in [9.17, 15) is 9.18 Å². The van der Waals surface area contributed by atoms with Crippen LogP contribution in [0.3, 0.4) is 0 Å². The van der Waals surface area contributed by atoms with E-state index >= 15 is 0 Å². The highest BCUT2D eigenvalue weighted by atomic mass is 127. The number of morpholine rings is 1. The van der Waals surface area contributed by atoms with E-state index in [0.717, 1.165) is 30.9 Å². The van der Waals surface area contributed by atoms with Gasteiger partial charge in [0.15, 0.2) is 5.96 Å². The van der Waals surface area contributed by atoms with Crippen molar-refractivity contribution < 1.29 is 13.9 Å². The predicted octanol–water partition coefficient (Wildman–Crippen LogP) is 2.31. The summed E-state index contributed by atoms with van der Waals surface area (Å²) in [6.07, 6.45) is 1.92. The first kappa shape index (κ1) is 21.9. The molecule has 8 heteroatoms. The Labute approximate surface area is 177 Å². The van der Waals surface area contributed by atoms with Crippen LogP contribution in [-0.2, 0) is 9.53 Å². The van der Waals surface area contributed by atoms with Crippen LogP contribution in [0.2, 0.25) is 0 Å². The van der Waals surface area contributed by atoms with Crippen LogP contribution in [0.25, 0.3) is 0 Å². The summed E-state index contributed by atoms with van der Waals surface area (Å²) in [6.45, 7) is 4.59. The minimum Gasteiger partial charge on any atom is -0.367 e. The quantitative estimate of drug-likeness (QED) is 0.288. The van der Waals surface area contributed by atoms with Crippen molar-refractivity contribution in [1.29, 1.82) is 0 Å². The van der Waals surface area contributed by atoms with Gasteiger partial charge in [0.1, 0.15) is 11.9 Å².